The number of piperidine rings is 1. The molecule has 5 heteroatoms. The number of furan rings is 1. The number of aliphatic hydroxyl groups is 1. The third-order valence-corrected chi connectivity index (χ3v) is 4.34. The highest BCUT2D eigenvalue weighted by atomic mass is 16.3. The van der Waals surface area contributed by atoms with Gasteiger partial charge in [0.05, 0.1) is 17.9 Å². The molecule has 0 bridgehead atoms. The van der Waals surface area contributed by atoms with Crippen molar-refractivity contribution in [2.45, 2.75) is 19.4 Å². The Balaban J connectivity index is 1.67. The van der Waals surface area contributed by atoms with Gasteiger partial charge < -0.3 is 19.7 Å². The first-order valence-electron chi connectivity index (χ1n) is 7.97. The summed E-state index contributed by atoms with van der Waals surface area (Å²) in [5, 5.41) is 21.5. The molecule has 2 N–H and O–H groups in total. The number of nitriles is 1. The van der Waals surface area contributed by atoms with Crippen LogP contribution in [0.4, 0.5) is 11.4 Å². The molecule has 1 aromatic heterocycles. The number of nitrogens with one attached hydrogen (secondary N) is 1. The predicted octanol–water partition coefficient (Wildman–Crippen LogP) is 2.97. The Morgan fingerprint density at radius 1 is 1.22 bits per heavy atom. The molecule has 1 saturated heterocycles. The van der Waals surface area contributed by atoms with Gasteiger partial charge in [0.15, 0.2) is 0 Å². The number of nitrogens with zero attached hydrogens (tertiary/aromatic N) is 2. The van der Waals surface area contributed by atoms with Crippen LogP contribution in [0.1, 0.15) is 24.4 Å². The molecule has 1 fully saturated rings. The average molecular weight is 311 g/mol. The van der Waals surface area contributed by atoms with Crippen molar-refractivity contribution in [1.29, 1.82) is 5.26 Å². The first kappa shape index (κ1) is 15.4. The fourth-order valence-electron chi connectivity index (χ4n) is 2.97. The topological polar surface area (TPSA) is 72.4 Å². The lowest BCUT2D eigenvalue weighted by Gasteiger charge is -2.34. The maximum atomic E-state index is 9.27. The van der Waals surface area contributed by atoms with Crippen LogP contribution in [-0.4, -0.2) is 24.8 Å². The molecule has 0 unspecified atom stereocenters. The molecule has 0 amide bonds. The second kappa shape index (κ2) is 7.21. The normalized spacial score (nSPS) is 15.4. The van der Waals surface area contributed by atoms with Gasteiger partial charge in [0.2, 0.25) is 5.76 Å². The van der Waals surface area contributed by atoms with Crippen LogP contribution < -0.4 is 10.2 Å². The van der Waals surface area contributed by atoms with Gasteiger partial charge in [-0.25, -0.2) is 0 Å². The molecule has 0 aliphatic carbocycles. The SMILES string of the molecule is N#Cc1ccc(CNc2ccccc2N2CCC(CO)CC2)o1. The minimum Gasteiger partial charge on any atom is -0.449 e. The van der Waals surface area contributed by atoms with Crippen LogP contribution in [0.2, 0.25) is 0 Å². The summed E-state index contributed by atoms with van der Waals surface area (Å²) in [4.78, 5) is 2.36. The van der Waals surface area contributed by atoms with Gasteiger partial charge in [-0.2, -0.15) is 5.26 Å². The number of benzene rings is 1. The molecule has 2 aromatic rings. The zero-order valence-electron chi connectivity index (χ0n) is 13.0. The van der Waals surface area contributed by atoms with Gasteiger partial charge in [0, 0.05) is 19.7 Å². The molecule has 2 heterocycles. The summed E-state index contributed by atoms with van der Waals surface area (Å²) in [6, 6.07) is 13.7. The highest BCUT2D eigenvalue weighted by Crippen LogP contribution is 2.30. The quantitative estimate of drug-likeness (QED) is 0.888. The zero-order valence-corrected chi connectivity index (χ0v) is 13.0. The molecule has 3 rings (SSSR count). The Hall–Kier alpha value is -2.45. The molecular weight excluding hydrogens is 290 g/mol. The molecule has 1 aliphatic rings. The fourth-order valence-corrected chi connectivity index (χ4v) is 2.97. The van der Waals surface area contributed by atoms with Crippen LogP contribution in [0.3, 0.4) is 0 Å². The monoisotopic (exact) mass is 311 g/mol. The first-order chi connectivity index (χ1) is 11.3. The molecule has 0 atom stereocenters. The summed E-state index contributed by atoms with van der Waals surface area (Å²) < 4.78 is 5.40. The summed E-state index contributed by atoms with van der Waals surface area (Å²) in [7, 11) is 0. The van der Waals surface area contributed by atoms with E-state index in [2.05, 4.69) is 22.3 Å². The van der Waals surface area contributed by atoms with Crippen LogP contribution in [0.25, 0.3) is 0 Å². The number of rotatable bonds is 5. The van der Waals surface area contributed by atoms with E-state index in [0.29, 0.717) is 18.2 Å². The van der Waals surface area contributed by atoms with Crippen LogP contribution in [0.5, 0.6) is 0 Å². The van der Waals surface area contributed by atoms with Crippen LogP contribution in [0, 0.1) is 17.2 Å². The van der Waals surface area contributed by atoms with Gasteiger partial charge in [-0.3, -0.25) is 0 Å². The van der Waals surface area contributed by atoms with Gasteiger partial charge in [-0.1, -0.05) is 12.1 Å². The van der Waals surface area contributed by atoms with Crippen LogP contribution in [0.15, 0.2) is 40.8 Å². The van der Waals surface area contributed by atoms with Gasteiger partial charge in [0.1, 0.15) is 11.8 Å². The van der Waals surface area contributed by atoms with Crippen molar-refractivity contribution < 1.29 is 9.52 Å². The second-order valence-electron chi connectivity index (χ2n) is 5.86. The van der Waals surface area contributed by atoms with Crippen molar-refractivity contribution in [3.05, 3.63) is 47.9 Å². The summed E-state index contributed by atoms with van der Waals surface area (Å²) >= 11 is 0. The van der Waals surface area contributed by atoms with E-state index in [9.17, 15) is 5.11 Å². The Morgan fingerprint density at radius 3 is 2.70 bits per heavy atom. The third kappa shape index (κ3) is 3.66. The van der Waals surface area contributed by atoms with Crippen molar-refractivity contribution in [1.82, 2.24) is 0 Å². The van der Waals surface area contributed by atoms with Gasteiger partial charge in [-0.05, 0) is 43.0 Å². The van der Waals surface area contributed by atoms with Crippen molar-refractivity contribution in [2.75, 3.05) is 29.9 Å². The van der Waals surface area contributed by atoms with E-state index < -0.39 is 0 Å². The maximum absolute atomic E-state index is 9.27. The van der Waals surface area contributed by atoms with Crippen molar-refractivity contribution in [3.63, 3.8) is 0 Å². The van der Waals surface area contributed by atoms with E-state index in [-0.39, 0.29) is 6.61 Å². The Kier molecular flexibility index (Phi) is 4.84. The van der Waals surface area contributed by atoms with Gasteiger partial charge >= 0.3 is 0 Å². The molecule has 0 radical (unpaired) electrons. The predicted molar refractivity (Wildman–Crippen MR) is 89.2 cm³/mol. The largest absolute Gasteiger partial charge is 0.449 e. The minimum absolute atomic E-state index is 0.285. The molecule has 23 heavy (non-hydrogen) atoms. The molecule has 5 nitrogen and oxygen atoms in total. The third-order valence-electron chi connectivity index (χ3n) is 4.34. The van der Waals surface area contributed by atoms with E-state index in [1.807, 2.05) is 24.3 Å². The maximum Gasteiger partial charge on any atom is 0.203 e. The van der Waals surface area contributed by atoms with E-state index in [1.165, 1.54) is 5.69 Å². The Labute approximate surface area is 136 Å². The summed E-state index contributed by atoms with van der Waals surface area (Å²) in [6.07, 6.45) is 2.04. The summed E-state index contributed by atoms with van der Waals surface area (Å²) in [5.74, 6) is 1.51. The smallest absolute Gasteiger partial charge is 0.203 e. The lowest BCUT2D eigenvalue weighted by atomic mass is 9.97. The minimum atomic E-state index is 0.285. The van der Waals surface area contributed by atoms with Gasteiger partial charge in [-0.15, -0.1) is 0 Å². The summed E-state index contributed by atoms with van der Waals surface area (Å²) in [6.45, 7) is 2.76. The average Bonchev–Trinajstić information content (AvgIpc) is 3.08. The number of anilines is 2. The van der Waals surface area contributed by atoms with Crippen molar-refractivity contribution in [2.24, 2.45) is 5.92 Å². The Morgan fingerprint density at radius 2 is 2.00 bits per heavy atom. The van der Waals surface area contributed by atoms with Crippen LogP contribution in [-0.2, 0) is 6.54 Å². The highest BCUT2D eigenvalue weighted by Gasteiger charge is 2.20. The number of hydrogen-bond acceptors (Lipinski definition) is 5. The van der Waals surface area contributed by atoms with Crippen molar-refractivity contribution >= 4 is 11.4 Å². The highest BCUT2D eigenvalue weighted by molar-refractivity contribution is 5.70. The molecular formula is C18H21N3O2. The molecule has 120 valence electrons. The molecule has 1 aliphatic heterocycles. The van der Waals surface area contributed by atoms with Crippen molar-refractivity contribution in [3.8, 4) is 6.07 Å². The number of para-hydroxylation sites is 2. The van der Waals surface area contributed by atoms with E-state index in [1.54, 1.807) is 6.07 Å². The molecule has 0 saturated carbocycles. The summed E-state index contributed by atoms with van der Waals surface area (Å²) in [5.41, 5.74) is 2.24. The standard InChI is InChI=1S/C18H21N3O2/c19-11-15-5-6-16(23-15)12-20-17-3-1-2-4-18(17)21-9-7-14(13-22)8-10-21/h1-6,14,20,22H,7-10,12-13H2. The fraction of sp³-hybridized carbons (Fsp3) is 0.389. The molecule has 0 spiro atoms. The van der Waals surface area contributed by atoms with Gasteiger partial charge in [0.25, 0.3) is 0 Å². The lowest BCUT2D eigenvalue weighted by molar-refractivity contribution is 0.203. The van der Waals surface area contributed by atoms with E-state index >= 15 is 0 Å². The zero-order chi connectivity index (χ0) is 16.1. The second-order valence-corrected chi connectivity index (χ2v) is 5.86. The Bertz CT molecular complexity index is 682. The van der Waals surface area contributed by atoms with E-state index in [0.717, 1.165) is 37.4 Å². The lowest BCUT2D eigenvalue weighted by Crippen LogP contribution is -2.35. The number of aliphatic hydroxyl groups excluding tert-OH is 1. The van der Waals surface area contributed by atoms with Crippen LogP contribution >= 0.6 is 0 Å². The number of hydrogen-bond donors (Lipinski definition) is 2. The molecule has 1 aromatic carbocycles. The first-order valence-corrected chi connectivity index (χ1v) is 7.97. The van der Waals surface area contributed by atoms with E-state index in [4.69, 9.17) is 9.68 Å².